The monoisotopic (exact) mass is 323 g/mol. The second-order valence-electron chi connectivity index (χ2n) is 4.54. The molecule has 1 N–H and O–H groups in total. The van der Waals surface area contributed by atoms with Crippen LogP contribution in [0.1, 0.15) is 10.4 Å². The first kappa shape index (κ1) is 13.8. The van der Waals surface area contributed by atoms with Gasteiger partial charge in [-0.15, -0.1) is 11.3 Å². The summed E-state index contributed by atoms with van der Waals surface area (Å²) < 4.78 is 1.15. The highest BCUT2D eigenvalue weighted by atomic mass is 79.9. The van der Waals surface area contributed by atoms with Crippen molar-refractivity contribution >= 4 is 27.3 Å². The van der Waals surface area contributed by atoms with Gasteiger partial charge in [-0.05, 0) is 61.5 Å². The second kappa shape index (κ2) is 7.07. The van der Waals surface area contributed by atoms with Crippen LogP contribution in [0, 0.1) is 5.92 Å². The molecule has 1 aromatic heterocycles. The Labute approximate surface area is 121 Å². The van der Waals surface area contributed by atoms with Gasteiger partial charge in [-0.3, -0.25) is 0 Å². The summed E-state index contributed by atoms with van der Waals surface area (Å²) in [6.07, 6.45) is 2.29. The van der Waals surface area contributed by atoms with E-state index in [9.17, 15) is 0 Å². The zero-order valence-electron chi connectivity index (χ0n) is 10.5. The molecule has 1 nitrogen and oxygen atoms in total. The lowest BCUT2D eigenvalue weighted by molar-refractivity contribution is 0.496. The third-order valence-corrected chi connectivity index (χ3v) is 4.43. The van der Waals surface area contributed by atoms with Crippen molar-refractivity contribution in [1.82, 2.24) is 5.32 Å². The molecular formula is C15H18BrNS. The fraction of sp³-hybridized carbons (Fsp3) is 0.333. The molecule has 0 saturated carbocycles. The number of nitrogens with one attached hydrogen (secondary N) is 1. The van der Waals surface area contributed by atoms with Crippen LogP contribution < -0.4 is 5.32 Å². The Morgan fingerprint density at radius 3 is 2.56 bits per heavy atom. The van der Waals surface area contributed by atoms with E-state index in [2.05, 4.69) is 63.0 Å². The zero-order chi connectivity index (χ0) is 12.8. The maximum absolute atomic E-state index is 3.48. The molecule has 3 heteroatoms. The van der Waals surface area contributed by atoms with E-state index in [1.165, 1.54) is 10.4 Å². The number of hydrogen-bond donors (Lipinski definition) is 1. The van der Waals surface area contributed by atoms with Gasteiger partial charge in [0.25, 0.3) is 0 Å². The molecule has 0 saturated heterocycles. The Kier molecular flexibility index (Phi) is 5.42. The van der Waals surface area contributed by atoms with Crippen LogP contribution in [0.15, 0.2) is 46.3 Å². The van der Waals surface area contributed by atoms with Crippen molar-refractivity contribution in [3.63, 3.8) is 0 Å². The molecule has 1 atom stereocenters. The summed E-state index contributed by atoms with van der Waals surface area (Å²) in [5.74, 6) is 0.662. The summed E-state index contributed by atoms with van der Waals surface area (Å²) in [4.78, 5) is 1.48. The summed E-state index contributed by atoms with van der Waals surface area (Å²) in [5, 5.41) is 5.47. The number of halogens is 1. The van der Waals surface area contributed by atoms with Crippen molar-refractivity contribution in [2.24, 2.45) is 5.92 Å². The van der Waals surface area contributed by atoms with E-state index in [1.807, 2.05) is 18.4 Å². The average molecular weight is 324 g/mol. The standard InChI is InChI=1S/C15H18BrNS/c1-17-11-13(10-15-3-2-8-18-15)9-12-4-6-14(16)7-5-12/h2-8,13,17H,9-11H2,1H3. The minimum Gasteiger partial charge on any atom is -0.319 e. The maximum atomic E-state index is 3.48. The van der Waals surface area contributed by atoms with E-state index in [0.717, 1.165) is 23.9 Å². The van der Waals surface area contributed by atoms with Crippen molar-refractivity contribution in [2.75, 3.05) is 13.6 Å². The highest BCUT2D eigenvalue weighted by Gasteiger charge is 2.10. The van der Waals surface area contributed by atoms with Gasteiger partial charge in [0.1, 0.15) is 0 Å². The fourth-order valence-corrected chi connectivity index (χ4v) is 3.26. The van der Waals surface area contributed by atoms with Crippen LogP contribution in [0.2, 0.25) is 0 Å². The van der Waals surface area contributed by atoms with Gasteiger partial charge in [0, 0.05) is 9.35 Å². The average Bonchev–Trinajstić information content (AvgIpc) is 2.85. The van der Waals surface area contributed by atoms with E-state index < -0.39 is 0 Å². The van der Waals surface area contributed by atoms with Crippen LogP contribution >= 0.6 is 27.3 Å². The highest BCUT2D eigenvalue weighted by molar-refractivity contribution is 9.10. The molecule has 0 spiro atoms. The maximum Gasteiger partial charge on any atom is 0.0175 e. The van der Waals surface area contributed by atoms with E-state index in [4.69, 9.17) is 0 Å². The van der Waals surface area contributed by atoms with E-state index in [1.54, 1.807) is 0 Å². The van der Waals surface area contributed by atoms with Gasteiger partial charge in [-0.2, -0.15) is 0 Å². The molecule has 0 bridgehead atoms. The minimum absolute atomic E-state index is 0.662. The molecule has 1 unspecified atom stereocenters. The van der Waals surface area contributed by atoms with Crippen LogP contribution in [0.4, 0.5) is 0 Å². The lowest BCUT2D eigenvalue weighted by Crippen LogP contribution is -2.22. The normalized spacial score (nSPS) is 12.6. The van der Waals surface area contributed by atoms with Crippen LogP contribution in [0.25, 0.3) is 0 Å². The van der Waals surface area contributed by atoms with Gasteiger partial charge < -0.3 is 5.32 Å². The summed E-state index contributed by atoms with van der Waals surface area (Å²) in [6, 6.07) is 13.0. The van der Waals surface area contributed by atoms with Crippen molar-refractivity contribution in [2.45, 2.75) is 12.8 Å². The third-order valence-electron chi connectivity index (χ3n) is 3.00. The van der Waals surface area contributed by atoms with Crippen LogP contribution in [0.3, 0.4) is 0 Å². The molecular weight excluding hydrogens is 306 g/mol. The van der Waals surface area contributed by atoms with Crippen LogP contribution in [-0.4, -0.2) is 13.6 Å². The molecule has 0 aliphatic carbocycles. The Hall–Kier alpha value is -0.640. The van der Waals surface area contributed by atoms with Crippen LogP contribution in [0.5, 0.6) is 0 Å². The predicted octanol–water partition coefficient (Wildman–Crippen LogP) is 4.13. The second-order valence-corrected chi connectivity index (χ2v) is 6.49. The largest absolute Gasteiger partial charge is 0.319 e. The molecule has 0 aliphatic heterocycles. The first-order chi connectivity index (χ1) is 8.78. The molecule has 18 heavy (non-hydrogen) atoms. The first-order valence-electron chi connectivity index (χ1n) is 6.19. The Morgan fingerprint density at radius 1 is 1.17 bits per heavy atom. The molecule has 2 aromatic rings. The highest BCUT2D eigenvalue weighted by Crippen LogP contribution is 2.19. The number of rotatable bonds is 6. The Balaban J connectivity index is 1.99. The van der Waals surface area contributed by atoms with Crippen LogP contribution in [-0.2, 0) is 12.8 Å². The smallest absolute Gasteiger partial charge is 0.0175 e. The lowest BCUT2D eigenvalue weighted by Gasteiger charge is -2.16. The molecule has 1 aromatic carbocycles. The SMILES string of the molecule is CNCC(Cc1ccc(Br)cc1)Cc1cccs1. The van der Waals surface area contributed by atoms with Gasteiger partial charge in [-0.1, -0.05) is 34.1 Å². The molecule has 96 valence electrons. The Bertz CT molecular complexity index is 450. The zero-order valence-corrected chi connectivity index (χ0v) is 12.9. The predicted molar refractivity (Wildman–Crippen MR) is 83.3 cm³/mol. The van der Waals surface area contributed by atoms with Gasteiger partial charge in [0.2, 0.25) is 0 Å². The fourth-order valence-electron chi connectivity index (χ4n) is 2.17. The van der Waals surface area contributed by atoms with E-state index in [0.29, 0.717) is 5.92 Å². The third kappa shape index (κ3) is 4.23. The van der Waals surface area contributed by atoms with Crippen molar-refractivity contribution in [3.8, 4) is 0 Å². The summed E-state index contributed by atoms with van der Waals surface area (Å²) in [7, 11) is 2.03. The molecule has 0 amide bonds. The summed E-state index contributed by atoms with van der Waals surface area (Å²) in [5.41, 5.74) is 1.41. The van der Waals surface area contributed by atoms with Crippen molar-refractivity contribution < 1.29 is 0 Å². The topological polar surface area (TPSA) is 12.0 Å². The Morgan fingerprint density at radius 2 is 1.94 bits per heavy atom. The lowest BCUT2D eigenvalue weighted by atomic mass is 9.95. The molecule has 0 aliphatic rings. The van der Waals surface area contributed by atoms with E-state index in [-0.39, 0.29) is 0 Å². The van der Waals surface area contributed by atoms with Crippen molar-refractivity contribution in [1.29, 1.82) is 0 Å². The van der Waals surface area contributed by atoms with Gasteiger partial charge in [-0.25, -0.2) is 0 Å². The molecule has 2 rings (SSSR count). The molecule has 1 heterocycles. The van der Waals surface area contributed by atoms with E-state index >= 15 is 0 Å². The molecule has 0 fully saturated rings. The molecule has 0 radical (unpaired) electrons. The number of benzene rings is 1. The number of thiophene rings is 1. The van der Waals surface area contributed by atoms with Gasteiger partial charge >= 0.3 is 0 Å². The number of hydrogen-bond acceptors (Lipinski definition) is 2. The quantitative estimate of drug-likeness (QED) is 0.842. The summed E-state index contributed by atoms with van der Waals surface area (Å²) in [6.45, 7) is 1.06. The van der Waals surface area contributed by atoms with Gasteiger partial charge in [0.05, 0.1) is 0 Å². The van der Waals surface area contributed by atoms with Gasteiger partial charge in [0.15, 0.2) is 0 Å². The minimum atomic E-state index is 0.662. The summed E-state index contributed by atoms with van der Waals surface area (Å²) >= 11 is 5.34. The van der Waals surface area contributed by atoms with Crippen molar-refractivity contribution in [3.05, 3.63) is 56.7 Å². The first-order valence-corrected chi connectivity index (χ1v) is 7.86.